The molecule has 2 rings (SSSR count). The monoisotopic (exact) mass is 460 g/mol. The molecule has 0 heterocycles. The van der Waals surface area contributed by atoms with Crippen LogP contribution in [-0.2, 0) is 11.0 Å². The number of hydrazone groups is 1. The molecule has 0 aliphatic carbocycles. The summed E-state index contributed by atoms with van der Waals surface area (Å²) in [5.41, 5.74) is 1.00. The summed E-state index contributed by atoms with van der Waals surface area (Å²) in [4.78, 5) is 21.9. The highest BCUT2D eigenvalue weighted by Gasteiger charge is 2.30. The van der Waals surface area contributed by atoms with Crippen molar-refractivity contribution in [3.05, 3.63) is 62.1 Å². The van der Waals surface area contributed by atoms with Gasteiger partial charge in [0.1, 0.15) is 5.75 Å². The number of phenolic OH excluding ortho intramolecular Hbond substituents is 1. The topological polar surface area (TPSA) is 117 Å². The molecule has 0 saturated heterocycles. The van der Waals surface area contributed by atoms with Gasteiger partial charge in [0.25, 0.3) is 11.6 Å². The van der Waals surface area contributed by atoms with E-state index in [0.717, 1.165) is 30.5 Å². The van der Waals surface area contributed by atoms with Gasteiger partial charge in [-0.3, -0.25) is 14.9 Å². The Bertz CT molecular complexity index is 935. The quantitative estimate of drug-likeness (QED) is 0.345. The number of hydrogen-bond donors (Lipinski definition) is 3. The maximum Gasteiger partial charge on any atom is 0.416 e. The fourth-order valence-corrected chi connectivity index (χ4v) is 2.47. The summed E-state index contributed by atoms with van der Waals surface area (Å²) in [6.45, 7) is -0.372. The Morgan fingerprint density at radius 3 is 2.68 bits per heavy atom. The number of rotatable bonds is 6. The second kappa shape index (κ2) is 8.69. The predicted octanol–water partition coefficient (Wildman–Crippen LogP) is 3.64. The SMILES string of the molecule is O=C(CNc1cccc(C(F)(F)F)c1)N/N=C\c1cc([N+](=O)[O-])cc(Br)c1O. The van der Waals surface area contributed by atoms with E-state index in [0.29, 0.717) is 0 Å². The van der Waals surface area contributed by atoms with E-state index in [2.05, 4.69) is 31.8 Å². The third-order valence-electron chi connectivity index (χ3n) is 3.32. The Balaban J connectivity index is 1.97. The number of halogens is 4. The lowest BCUT2D eigenvalue weighted by molar-refractivity contribution is -0.385. The second-order valence-electron chi connectivity index (χ2n) is 5.35. The van der Waals surface area contributed by atoms with Crippen LogP contribution in [0.15, 0.2) is 46.0 Å². The highest BCUT2D eigenvalue weighted by molar-refractivity contribution is 9.10. The number of nitro groups is 1. The van der Waals surface area contributed by atoms with Crippen LogP contribution < -0.4 is 10.7 Å². The molecule has 0 saturated carbocycles. The van der Waals surface area contributed by atoms with Crippen molar-refractivity contribution in [3.63, 3.8) is 0 Å². The Morgan fingerprint density at radius 2 is 2.04 bits per heavy atom. The van der Waals surface area contributed by atoms with Gasteiger partial charge >= 0.3 is 6.18 Å². The summed E-state index contributed by atoms with van der Waals surface area (Å²) in [5, 5.41) is 26.7. The molecule has 2 aromatic rings. The molecule has 0 bridgehead atoms. The van der Waals surface area contributed by atoms with Crippen molar-refractivity contribution in [1.29, 1.82) is 0 Å². The minimum absolute atomic E-state index is 0.0211. The van der Waals surface area contributed by atoms with Crippen LogP contribution in [-0.4, -0.2) is 28.7 Å². The van der Waals surface area contributed by atoms with E-state index < -0.39 is 22.6 Å². The van der Waals surface area contributed by atoms with Gasteiger partial charge < -0.3 is 10.4 Å². The number of benzene rings is 2. The van der Waals surface area contributed by atoms with Crippen LogP contribution in [0.25, 0.3) is 0 Å². The maximum absolute atomic E-state index is 12.6. The summed E-state index contributed by atoms with van der Waals surface area (Å²) in [6.07, 6.45) is -3.51. The third-order valence-corrected chi connectivity index (χ3v) is 3.93. The van der Waals surface area contributed by atoms with Gasteiger partial charge in [-0.15, -0.1) is 0 Å². The van der Waals surface area contributed by atoms with Crippen molar-refractivity contribution < 1.29 is 28.0 Å². The zero-order chi connectivity index (χ0) is 20.9. The Morgan fingerprint density at radius 1 is 1.32 bits per heavy atom. The van der Waals surface area contributed by atoms with E-state index in [1.54, 1.807) is 0 Å². The van der Waals surface area contributed by atoms with Crippen molar-refractivity contribution in [2.45, 2.75) is 6.18 Å². The van der Waals surface area contributed by atoms with E-state index >= 15 is 0 Å². The molecule has 0 fully saturated rings. The number of amides is 1. The summed E-state index contributed by atoms with van der Waals surface area (Å²) < 4.78 is 38.0. The van der Waals surface area contributed by atoms with Gasteiger partial charge in [0.15, 0.2) is 0 Å². The van der Waals surface area contributed by atoms with Crippen molar-refractivity contribution >= 4 is 39.4 Å². The van der Waals surface area contributed by atoms with Gasteiger partial charge in [0.2, 0.25) is 0 Å². The summed E-state index contributed by atoms with van der Waals surface area (Å²) in [5.74, 6) is -0.997. The lowest BCUT2D eigenvalue weighted by Gasteiger charge is -2.10. The highest BCUT2D eigenvalue weighted by Crippen LogP contribution is 2.32. The first-order valence-corrected chi connectivity index (χ1v) is 8.27. The number of aromatic hydroxyl groups is 1. The molecule has 12 heteroatoms. The van der Waals surface area contributed by atoms with Gasteiger partial charge in [-0.05, 0) is 34.1 Å². The average Bonchev–Trinajstić information content (AvgIpc) is 2.62. The average molecular weight is 461 g/mol. The summed E-state index contributed by atoms with van der Waals surface area (Å²) >= 11 is 2.96. The summed E-state index contributed by atoms with van der Waals surface area (Å²) in [7, 11) is 0. The van der Waals surface area contributed by atoms with Crippen LogP contribution in [0, 0.1) is 10.1 Å². The first-order valence-electron chi connectivity index (χ1n) is 7.48. The third kappa shape index (κ3) is 5.67. The zero-order valence-corrected chi connectivity index (χ0v) is 15.4. The molecule has 0 radical (unpaired) electrons. The van der Waals surface area contributed by atoms with E-state index in [1.807, 2.05) is 0 Å². The molecule has 0 aliphatic heterocycles. The van der Waals surface area contributed by atoms with Gasteiger partial charge in [-0.25, -0.2) is 5.43 Å². The lowest BCUT2D eigenvalue weighted by atomic mass is 10.2. The minimum atomic E-state index is -4.50. The van der Waals surface area contributed by atoms with Crippen molar-refractivity contribution in [2.24, 2.45) is 5.10 Å². The van der Waals surface area contributed by atoms with Gasteiger partial charge in [-0.1, -0.05) is 6.07 Å². The summed E-state index contributed by atoms with van der Waals surface area (Å²) in [6, 6.07) is 6.48. The van der Waals surface area contributed by atoms with E-state index in [-0.39, 0.29) is 33.7 Å². The molecule has 8 nitrogen and oxygen atoms in total. The van der Waals surface area contributed by atoms with E-state index in [4.69, 9.17) is 0 Å². The van der Waals surface area contributed by atoms with Crippen molar-refractivity contribution in [3.8, 4) is 5.75 Å². The van der Waals surface area contributed by atoms with E-state index in [9.17, 15) is 33.2 Å². The number of nitro benzene ring substituents is 1. The number of carbonyl (C=O) groups is 1. The number of phenols is 1. The molecule has 0 unspecified atom stereocenters. The number of carbonyl (C=O) groups excluding carboxylic acids is 1. The van der Waals surface area contributed by atoms with Crippen LogP contribution in [0.5, 0.6) is 5.75 Å². The Labute approximate surface area is 164 Å². The number of nitrogens with zero attached hydrogens (tertiary/aromatic N) is 2. The maximum atomic E-state index is 12.6. The zero-order valence-electron chi connectivity index (χ0n) is 13.8. The van der Waals surface area contributed by atoms with Gasteiger partial charge in [0, 0.05) is 23.4 Å². The molecule has 0 spiro atoms. The number of hydrogen-bond acceptors (Lipinski definition) is 6. The normalized spacial score (nSPS) is 11.4. The van der Waals surface area contributed by atoms with Crippen LogP contribution in [0.4, 0.5) is 24.5 Å². The first-order chi connectivity index (χ1) is 13.1. The highest BCUT2D eigenvalue weighted by atomic mass is 79.9. The smallest absolute Gasteiger partial charge is 0.416 e. The van der Waals surface area contributed by atoms with Crippen LogP contribution in [0.2, 0.25) is 0 Å². The van der Waals surface area contributed by atoms with E-state index in [1.165, 1.54) is 12.1 Å². The van der Waals surface area contributed by atoms with Crippen LogP contribution >= 0.6 is 15.9 Å². The molecule has 0 atom stereocenters. The Kier molecular flexibility index (Phi) is 6.57. The van der Waals surface area contributed by atoms with Crippen LogP contribution in [0.3, 0.4) is 0 Å². The fraction of sp³-hybridized carbons (Fsp3) is 0.125. The fourth-order valence-electron chi connectivity index (χ4n) is 2.01. The predicted molar refractivity (Wildman–Crippen MR) is 98.1 cm³/mol. The van der Waals surface area contributed by atoms with Crippen molar-refractivity contribution in [2.75, 3.05) is 11.9 Å². The van der Waals surface area contributed by atoms with Crippen LogP contribution in [0.1, 0.15) is 11.1 Å². The van der Waals surface area contributed by atoms with Gasteiger partial charge in [-0.2, -0.15) is 18.3 Å². The van der Waals surface area contributed by atoms with Gasteiger partial charge in [0.05, 0.1) is 27.7 Å². The Hall–Kier alpha value is -3.15. The largest absolute Gasteiger partial charge is 0.506 e. The number of anilines is 1. The number of nitrogens with one attached hydrogen (secondary N) is 2. The minimum Gasteiger partial charge on any atom is -0.506 e. The lowest BCUT2D eigenvalue weighted by Crippen LogP contribution is -2.26. The standard InChI is InChI=1S/C16H12BrF3N4O4/c17-13-6-12(24(27)28)4-9(15(13)26)7-22-23-14(25)8-21-11-3-1-2-10(5-11)16(18,19)20/h1-7,21,26H,8H2,(H,23,25)/b22-7-. The second-order valence-corrected chi connectivity index (χ2v) is 6.20. The molecule has 0 aromatic heterocycles. The van der Waals surface area contributed by atoms with Crippen molar-refractivity contribution in [1.82, 2.24) is 5.43 Å². The molecule has 28 heavy (non-hydrogen) atoms. The molecule has 2 aromatic carbocycles. The number of alkyl halides is 3. The number of non-ortho nitro benzene ring substituents is 1. The molecule has 3 N–H and O–H groups in total. The first kappa shape index (κ1) is 21.2. The molecule has 0 aliphatic rings. The molecular weight excluding hydrogens is 449 g/mol. The molecule has 1 amide bonds. The molecular formula is C16H12BrF3N4O4. The molecule has 148 valence electrons.